The molecule has 104 valence electrons. The molecule has 0 saturated heterocycles. The summed E-state index contributed by atoms with van der Waals surface area (Å²) in [6.07, 6.45) is 0. The lowest BCUT2D eigenvalue weighted by Gasteiger charge is -2.18. The zero-order valence-corrected chi connectivity index (χ0v) is 11.7. The first kappa shape index (κ1) is 15.2. The van der Waals surface area contributed by atoms with Crippen molar-refractivity contribution in [2.45, 2.75) is 18.7 Å². The lowest BCUT2D eigenvalue weighted by atomic mass is 10.3. The zero-order chi connectivity index (χ0) is 14.5. The molecule has 2 N–H and O–H groups in total. The number of hydrogen-bond donors (Lipinski definition) is 1. The van der Waals surface area contributed by atoms with Crippen molar-refractivity contribution in [2.75, 3.05) is 25.6 Å². The van der Waals surface area contributed by atoms with Crippen LogP contribution in [0.3, 0.4) is 0 Å². The second-order valence-electron chi connectivity index (χ2n) is 3.70. The van der Waals surface area contributed by atoms with Gasteiger partial charge < -0.3 is 10.5 Å². The SMILES string of the molecule is CCN(CC)S(=O)(=O)c1ccc(OC[N+]#N)c(N)c1. The first-order valence-electron chi connectivity index (χ1n) is 5.80. The number of anilines is 1. The highest BCUT2D eigenvalue weighted by Gasteiger charge is 2.22. The van der Waals surface area contributed by atoms with E-state index in [1.807, 2.05) is 0 Å². The van der Waals surface area contributed by atoms with Crippen LogP contribution in [0.5, 0.6) is 5.75 Å². The van der Waals surface area contributed by atoms with Crippen LogP contribution < -0.4 is 10.5 Å². The molecule has 19 heavy (non-hydrogen) atoms. The lowest BCUT2D eigenvalue weighted by Crippen LogP contribution is -2.30. The van der Waals surface area contributed by atoms with E-state index in [-0.39, 0.29) is 23.1 Å². The summed E-state index contributed by atoms with van der Waals surface area (Å²) < 4.78 is 30.8. The second kappa shape index (κ2) is 6.36. The fourth-order valence-corrected chi connectivity index (χ4v) is 3.12. The maximum Gasteiger partial charge on any atom is 0.447 e. The van der Waals surface area contributed by atoms with Crippen LogP contribution in [0.2, 0.25) is 0 Å². The molecule has 0 aromatic heterocycles. The fourth-order valence-electron chi connectivity index (χ4n) is 1.63. The molecule has 0 aliphatic carbocycles. The summed E-state index contributed by atoms with van der Waals surface area (Å²) in [5, 5.41) is 8.30. The molecule has 7 nitrogen and oxygen atoms in total. The van der Waals surface area contributed by atoms with Crippen LogP contribution in [0, 0.1) is 5.39 Å². The molecule has 0 heterocycles. The van der Waals surface area contributed by atoms with Gasteiger partial charge in [-0.3, -0.25) is 0 Å². The van der Waals surface area contributed by atoms with Gasteiger partial charge in [-0.1, -0.05) is 13.8 Å². The van der Waals surface area contributed by atoms with Crippen molar-refractivity contribution in [3.63, 3.8) is 0 Å². The maximum atomic E-state index is 12.2. The molecule has 0 bridgehead atoms. The van der Waals surface area contributed by atoms with Crippen LogP contribution in [0.15, 0.2) is 23.1 Å². The van der Waals surface area contributed by atoms with Crippen molar-refractivity contribution in [2.24, 2.45) is 0 Å². The smallest absolute Gasteiger partial charge is 0.418 e. The molecule has 0 amide bonds. The van der Waals surface area contributed by atoms with Crippen LogP contribution in [-0.2, 0) is 10.0 Å². The number of benzene rings is 1. The minimum Gasteiger partial charge on any atom is -0.418 e. The lowest BCUT2D eigenvalue weighted by molar-refractivity contribution is 0.360. The Hall–Kier alpha value is -1.85. The van der Waals surface area contributed by atoms with Gasteiger partial charge in [0.1, 0.15) is 0 Å². The molecule has 8 heteroatoms. The number of sulfonamides is 1. The molecule has 0 spiro atoms. The number of nitrogen functional groups attached to an aromatic ring is 1. The van der Waals surface area contributed by atoms with E-state index in [2.05, 4.69) is 4.98 Å². The third-order valence-corrected chi connectivity index (χ3v) is 4.65. The summed E-state index contributed by atoms with van der Waals surface area (Å²) in [6, 6.07) is 4.19. The van der Waals surface area contributed by atoms with E-state index in [0.29, 0.717) is 13.1 Å². The normalized spacial score (nSPS) is 11.3. The zero-order valence-electron chi connectivity index (χ0n) is 10.9. The number of hydrogen-bond acceptors (Lipinski definition) is 5. The van der Waals surface area contributed by atoms with E-state index in [4.69, 9.17) is 15.9 Å². The van der Waals surface area contributed by atoms with Crippen molar-refractivity contribution in [3.05, 3.63) is 23.2 Å². The Kier molecular flexibility index (Phi) is 5.09. The Labute approximate surface area is 112 Å². The third-order valence-electron chi connectivity index (χ3n) is 2.60. The van der Waals surface area contributed by atoms with Crippen LogP contribution in [0.25, 0.3) is 4.98 Å². The van der Waals surface area contributed by atoms with Gasteiger partial charge in [-0.2, -0.15) is 4.31 Å². The van der Waals surface area contributed by atoms with Crippen LogP contribution in [0.1, 0.15) is 13.8 Å². The maximum absolute atomic E-state index is 12.2. The Morgan fingerprint density at radius 1 is 1.37 bits per heavy atom. The van der Waals surface area contributed by atoms with E-state index >= 15 is 0 Å². The molecule has 1 rings (SSSR count). The van der Waals surface area contributed by atoms with Gasteiger partial charge in [0.15, 0.2) is 10.7 Å². The highest BCUT2D eigenvalue weighted by atomic mass is 32.2. The predicted molar refractivity (Wildman–Crippen MR) is 71.5 cm³/mol. The monoisotopic (exact) mass is 285 g/mol. The minimum absolute atomic E-state index is 0.113. The molecule has 0 unspecified atom stereocenters. The van der Waals surface area contributed by atoms with Crippen LogP contribution in [-0.4, -0.2) is 32.5 Å². The second-order valence-corrected chi connectivity index (χ2v) is 5.64. The molecule has 0 radical (unpaired) electrons. The summed E-state index contributed by atoms with van der Waals surface area (Å²) >= 11 is 0. The summed E-state index contributed by atoms with van der Waals surface area (Å²) in [5.74, 6) is 0.274. The topological polar surface area (TPSA) is 101 Å². The van der Waals surface area contributed by atoms with Gasteiger partial charge in [-0.05, 0) is 18.2 Å². The summed E-state index contributed by atoms with van der Waals surface area (Å²) in [6.45, 7) is 4.06. The molecule has 1 aromatic carbocycles. The Morgan fingerprint density at radius 2 is 2.00 bits per heavy atom. The molecule has 0 atom stereocenters. The highest BCUT2D eigenvalue weighted by Crippen LogP contribution is 2.26. The van der Waals surface area contributed by atoms with Gasteiger partial charge in [0.2, 0.25) is 15.4 Å². The van der Waals surface area contributed by atoms with Crippen molar-refractivity contribution in [1.82, 2.24) is 4.31 Å². The van der Waals surface area contributed by atoms with Gasteiger partial charge in [-0.15, -0.1) is 0 Å². The fraction of sp³-hybridized carbons (Fsp3) is 0.455. The van der Waals surface area contributed by atoms with Crippen LogP contribution in [0.4, 0.5) is 5.69 Å². The van der Waals surface area contributed by atoms with E-state index in [1.165, 1.54) is 22.5 Å². The van der Waals surface area contributed by atoms with Gasteiger partial charge in [0.25, 0.3) is 0 Å². The summed E-state index contributed by atoms with van der Waals surface area (Å²) in [5.41, 5.74) is 5.89. The first-order chi connectivity index (χ1) is 8.97. The molecule has 0 aliphatic heterocycles. The van der Waals surface area contributed by atoms with Gasteiger partial charge >= 0.3 is 6.73 Å². The van der Waals surface area contributed by atoms with E-state index < -0.39 is 10.0 Å². The molecular weight excluding hydrogens is 268 g/mol. The number of nitrogens with two attached hydrogens (primary N) is 1. The largest absolute Gasteiger partial charge is 0.447 e. The van der Waals surface area contributed by atoms with E-state index in [0.717, 1.165) is 0 Å². The summed E-state index contributed by atoms with van der Waals surface area (Å²) in [7, 11) is -3.54. The van der Waals surface area contributed by atoms with Gasteiger partial charge in [0, 0.05) is 13.1 Å². The highest BCUT2D eigenvalue weighted by molar-refractivity contribution is 7.89. The summed E-state index contributed by atoms with van der Waals surface area (Å²) in [4.78, 5) is 2.91. The molecular formula is C11H17N4O3S+. The molecule has 0 aliphatic rings. The molecule has 1 aromatic rings. The Bertz CT molecular complexity index is 576. The average molecular weight is 285 g/mol. The van der Waals surface area contributed by atoms with E-state index in [1.54, 1.807) is 13.8 Å². The van der Waals surface area contributed by atoms with E-state index in [9.17, 15) is 8.42 Å². The van der Waals surface area contributed by atoms with Gasteiger partial charge in [0.05, 0.1) is 10.6 Å². The number of diazo groups is 1. The van der Waals surface area contributed by atoms with Crippen molar-refractivity contribution in [3.8, 4) is 5.75 Å². The molecule has 0 saturated carbocycles. The Balaban J connectivity index is 3.10. The standard InChI is InChI=1S/C11H17N4O3S/c1-3-15(4-2)19(16,17)9-5-6-11(10(12)7-9)18-8-14-13/h5-7H,3-4,8,12H2,1-2H3/q+1. The van der Waals surface area contributed by atoms with Gasteiger partial charge in [-0.25, -0.2) is 8.42 Å². The minimum atomic E-state index is -3.54. The van der Waals surface area contributed by atoms with Crippen molar-refractivity contribution in [1.29, 1.82) is 5.39 Å². The number of ether oxygens (including phenoxy) is 1. The quantitative estimate of drug-likeness (QED) is 0.630. The van der Waals surface area contributed by atoms with Crippen molar-refractivity contribution >= 4 is 15.7 Å². The third kappa shape index (κ3) is 3.33. The number of rotatable bonds is 6. The van der Waals surface area contributed by atoms with Crippen LogP contribution >= 0.6 is 0 Å². The Morgan fingerprint density at radius 3 is 2.47 bits per heavy atom. The predicted octanol–water partition coefficient (Wildman–Crippen LogP) is 1.49. The first-order valence-corrected chi connectivity index (χ1v) is 7.24. The molecule has 0 fully saturated rings. The average Bonchev–Trinajstić information content (AvgIpc) is 2.38. The number of nitrogens with zero attached hydrogens (tertiary/aromatic N) is 3. The van der Waals surface area contributed by atoms with Crippen molar-refractivity contribution < 1.29 is 13.2 Å².